The number of amides is 1. The van der Waals surface area contributed by atoms with E-state index in [1.807, 2.05) is 32.0 Å². The van der Waals surface area contributed by atoms with Gasteiger partial charge in [0.1, 0.15) is 6.54 Å². The quantitative estimate of drug-likeness (QED) is 0.650. The SMILES string of the molecule is Cc1cccc(C)c1-n1nnnc1SCC(=O)N(CC(F)(F)F)[C@H](C)C1CC1. The lowest BCUT2D eigenvalue weighted by Gasteiger charge is -2.30. The smallest absolute Gasteiger partial charge is 0.330 e. The van der Waals surface area contributed by atoms with Gasteiger partial charge in [-0.3, -0.25) is 4.79 Å². The lowest BCUT2D eigenvalue weighted by Crippen LogP contribution is -2.46. The number of aryl methyl sites for hydroxylation is 2. The van der Waals surface area contributed by atoms with Crippen LogP contribution in [0.4, 0.5) is 13.2 Å². The van der Waals surface area contributed by atoms with Crippen LogP contribution in [-0.4, -0.2) is 55.5 Å². The molecule has 1 aliphatic rings. The number of alkyl halides is 3. The summed E-state index contributed by atoms with van der Waals surface area (Å²) in [5.74, 6) is -0.563. The highest BCUT2D eigenvalue weighted by Gasteiger charge is 2.40. The summed E-state index contributed by atoms with van der Waals surface area (Å²) >= 11 is 1.05. The van der Waals surface area contributed by atoms with Crippen molar-refractivity contribution in [3.05, 3.63) is 29.3 Å². The monoisotopic (exact) mass is 413 g/mol. The molecule has 1 aromatic carbocycles. The van der Waals surface area contributed by atoms with Crippen LogP contribution in [0.1, 0.15) is 30.9 Å². The van der Waals surface area contributed by atoms with E-state index in [-0.39, 0.29) is 11.7 Å². The summed E-state index contributed by atoms with van der Waals surface area (Å²) in [7, 11) is 0. The highest BCUT2D eigenvalue weighted by molar-refractivity contribution is 7.99. The van der Waals surface area contributed by atoms with Gasteiger partial charge in [-0.25, -0.2) is 0 Å². The zero-order valence-corrected chi connectivity index (χ0v) is 16.7. The van der Waals surface area contributed by atoms with E-state index in [0.29, 0.717) is 5.16 Å². The van der Waals surface area contributed by atoms with Gasteiger partial charge >= 0.3 is 6.18 Å². The fourth-order valence-electron chi connectivity index (χ4n) is 3.24. The Kier molecular flexibility index (Phi) is 5.97. The molecular formula is C18H22F3N5OS. The van der Waals surface area contributed by atoms with Gasteiger partial charge in [-0.2, -0.15) is 17.9 Å². The largest absolute Gasteiger partial charge is 0.406 e. The summed E-state index contributed by atoms with van der Waals surface area (Å²) < 4.78 is 40.4. The van der Waals surface area contributed by atoms with Crippen LogP contribution < -0.4 is 0 Å². The fraction of sp³-hybridized carbons (Fsp3) is 0.556. The van der Waals surface area contributed by atoms with E-state index in [4.69, 9.17) is 0 Å². The summed E-state index contributed by atoms with van der Waals surface area (Å²) in [6, 6.07) is 5.34. The summed E-state index contributed by atoms with van der Waals surface area (Å²) in [5.41, 5.74) is 2.73. The maximum Gasteiger partial charge on any atom is 0.406 e. The van der Waals surface area contributed by atoms with Gasteiger partial charge < -0.3 is 4.90 Å². The molecule has 6 nitrogen and oxygen atoms in total. The van der Waals surface area contributed by atoms with Crippen molar-refractivity contribution in [2.24, 2.45) is 5.92 Å². The molecule has 0 radical (unpaired) electrons. The van der Waals surface area contributed by atoms with E-state index in [1.165, 1.54) is 4.68 Å². The predicted molar refractivity (Wildman–Crippen MR) is 99.3 cm³/mol. The predicted octanol–water partition coefficient (Wildman–Crippen LogP) is 3.56. The van der Waals surface area contributed by atoms with Crippen molar-refractivity contribution in [3.63, 3.8) is 0 Å². The van der Waals surface area contributed by atoms with Crippen LogP contribution in [-0.2, 0) is 4.79 Å². The molecule has 0 unspecified atom stereocenters. The van der Waals surface area contributed by atoms with E-state index in [0.717, 1.165) is 46.3 Å². The fourth-order valence-corrected chi connectivity index (χ4v) is 4.01. The Bertz CT molecular complexity index is 830. The molecule has 0 saturated heterocycles. The van der Waals surface area contributed by atoms with Crippen molar-refractivity contribution in [3.8, 4) is 5.69 Å². The third kappa shape index (κ3) is 4.84. The number of aromatic nitrogens is 4. The van der Waals surface area contributed by atoms with Crippen LogP contribution >= 0.6 is 11.8 Å². The second-order valence-electron chi connectivity index (χ2n) is 7.12. The average molecular weight is 413 g/mol. The minimum Gasteiger partial charge on any atom is -0.330 e. The lowest BCUT2D eigenvalue weighted by molar-refractivity contribution is -0.164. The van der Waals surface area contributed by atoms with Crippen molar-refractivity contribution in [2.75, 3.05) is 12.3 Å². The maximum absolute atomic E-state index is 13.0. The first-order valence-corrected chi connectivity index (χ1v) is 10.00. The first kappa shape index (κ1) is 20.6. The number of tetrazole rings is 1. The van der Waals surface area contributed by atoms with Gasteiger partial charge in [0.2, 0.25) is 11.1 Å². The van der Waals surface area contributed by atoms with Crippen molar-refractivity contribution >= 4 is 17.7 Å². The number of carbonyl (C=O) groups excluding carboxylic acids is 1. The van der Waals surface area contributed by atoms with Crippen LogP contribution in [0.15, 0.2) is 23.4 Å². The molecule has 1 fully saturated rings. The Morgan fingerprint density at radius 3 is 2.54 bits per heavy atom. The minimum atomic E-state index is -4.43. The first-order chi connectivity index (χ1) is 13.2. The molecular weight excluding hydrogens is 391 g/mol. The Labute approximate surface area is 165 Å². The van der Waals surface area contributed by atoms with E-state index in [2.05, 4.69) is 15.5 Å². The summed E-state index contributed by atoms with van der Waals surface area (Å²) in [4.78, 5) is 13.5. The average Bonchev–Trinajstić information content (AvgIpc) is 3.36. The summed E-state index contributed by atoms with van der Waals surface area (Å²) in [6.07, 6.45) is -2.70. The molecule has 3 rings (SSSR count). The first-order valence-electron chi connectivity index (χ1n) is 9.01. The zero-order chi connectivity index (χ0) is 20.5. The van der Waals surface area contributed by atoms with Gasteiger partial charge in [-0.1, -0.05) is 30.0 Å². The third-order valence-electron chi connectivity index (χ3n) is 4.88. The number of para-hydroxylation sites is 1. The number of benzene rings is 1. The van der Waals surface area contributed by atoms with Crippen molar-refractivity contribution in [1.29, 1.82) is 0 Å². The van der Waals surface area contributed by atoms with Crippen molar-refractivity contribution < 1.29 is 18.0 Å². The van der Waals surface area contributed by atoms with Gasteiger partial charge in [0.05, 0.1) is 11.4 Å². The van der Waals surface area contributed by atoms with E-state index in [1.54, 1.807) is 6.92 Å². The van der Waals surface area contributed by atoms with Crippen LogP contribution in [0.2, 0.25) is 0 Å². The van der Waals surface area contributed by atoms with Gasteiger partial charge in [-0.15, -0.1) is 5.10 Å². The molecule has 10 heteroatoms. The van der Waals surface area contributed by atoms with Crippen LogP contribution in [0.3, 0.4) is 0 Å². The molecule has 0 bridgehead atoms. The number of thioether (sulfide) groups is 1. The number of halogens is 3. The standard InChI is InChI=1S/C18H22F3N5OS/c1-11-5-4-6-12(2)16(11)26-17(22-23-24-26)28-9-15(27)25(10-18(19,20)21)13(3)14-7-8-14/h4-6,13-14H,7-10H2,1-3H3/t13-/m1/s1. The summed E-state index contributed by atoms with van der Waals surface area (Å²) in [5, 5.41) is 12.0. The highest BCUT2D eigenvalue weighted by atomic mass is 32.2. The molecule has 1 aromatic heterocycles. The van der Waals surface area contributed by atoms with Crippen molar-refractivity contribution in [2.45, 2.75) is 51.0 Å². The normalized spacial score (nSPS) is 15.5. The van der Waals surface area contributed by atoms with E-state index < -0.39 is 24.7 Å². The Hall–Kier alpha value is -2.10. The van der Waals surface area contributed by atoms with Gasteiger partial charge in [0.25, 0.3) is 0 Å². The second-order valence-corrected chi connectivity index (χ2v) is 8.06. The molecule has 2 aromatic rings. The van der Waals surface area contributed by atoms with Crippen molar-refractivity contribution in [1.82, 2.24) is 25.1 Å². The minimum absolute atomic E-state index is 0.149. The van der Waals surface area contributed by atoms with E-state index in [9.17, 15) is 18.0 Å². The highest BCUT2D eigenvalue weighted by Crippen LogP contribution is 2.36. The molecule has 28 heavy (non-hydrogen) atoms. The molecule has 152 valence electrons. The number of rotatable bonds is 7. The maximum atomic E-state index is 13.0. The number of carbonyl (C=O) groups is 1. The third-order valence-corrected chi connectivity index (χ3v) is 5.79. The van der Waals surface area contributed by atoms with Crippen LogP contribution in [0.5, 0.6) is 0 Å². The number of hydrogen-bond donors (Lipinski definition) is 0. The molecule has 0 spiro atoms. The number of nitrogens with zero attached hydrogens (tertiary/aromatic N) is 5. The molecule has 0 aliphatic heterocycles. The molecule has 0 N–H and O–H groups in total. The Morgan fingerprint density at radius 1 is 1.32 bits per heavy atom. The Morgan fingerprint density at radius 2 is 1.96 bits per heavy atom. The lowest BCUT2D eigenvalue weighted by atomic mass is 10.1. The number of hydrogen-bond acceptors (Lipinski definition) is 5. The van der Waals surface area contributed by atoms with E-state index >= 15 is 0 Å². The second kappa shape index (κ2) is 8.10. The Balaban J connectivity index is 1.74. The summed E-state index contributed by atoms with van der Waals surface area (Å²) in [6.45, 7) is 4.30. The topological polar surface area (TPSA) is 63.9 Å². The molecule has 1 aliphatic carbocycles. The zero-order valence-electron chi connectivity index (χ0n) is 15.9. The van der Waals surface area contributed by atoms with Gasteiger partial charge in [0.15, 0.2) is 0 Å². The molecule has 1 saturated carbocycles. The molecule has 1 heterocycles. The molecule has 1 atom stereocenters. The van der Waals surface area contributed by atoms with Crippen LogP contribution in [0, 0.1) is 19.8 Å². The van der Waals surface area contributed by atoms with Crippen LogP contribution in [0.25, 0.3) is 5.69 Å². The molecule has 1 amide bonds. The van der Waals surface area contributed by atoms with Gasteiger partial charge in [0, 0.05) is 6.04 Å². The van der Waals surface area contributed by atoms with Gasteiger partial charge in [-0.05, 0) is 61.1 Å².